The number of aromatic nitrogens is 4. The summed E-state index contributed by atoms with van der Waals surface area (Å²) in [7, 11) is 3.76. The van der Waals surface area contributed by atoms with Crippen molar-refractivity contribution in [2.75, 3.05) is 32.6 Å². The van der Waals surface area contributed by atoms with E-state index < -0.39 is 0 Å². The molecule has 0 unspecified atom stereocenters. The Labute approximate surface area is 191 Å². The van der Waals surface area contributed by atoms with Crippen LogP contribution in [0.5, 0.6) is 5.75 Å². The minimum absolute atomic E-state index is 0.208. The molecule has 4 aromatic rings. The molecule has 0 radical (unpaired) electrons. The molecule has 8 heteroatoms. The van der Waals surface area contributed by atoms with Gasteiger partial charge in [-0.3, -0.25) is 9.78 Å². The first-order chi connectivity index (χ1) is 16.1. The summed E-state index contributed by atoms with van der Waals surface area (Å²) in [5.41, 5.74) is 2.52. The van der Waals surface area contributed by atoms with Crippen molar-refractivity contribution in [3.63, 3.8) is 0 Å². The van der Waals surface area contributed by atoms with Crippen molar-refractivity contribution in [3.8, 4) is 17.0 Å². The van der Waals surface area contributed by atoms with Crippen LogP contribution in [0.3, 0.4) is 0 Å². The summed E-state index contributed by atoms with van der Waals surface area (Å²) >= 11 is 0. The van der Waals surface area contributed by atoms with Crippen LogP contribution < -0.4 is 15.6 Å². The number of aromatic amines is 1. The summed E-state index contributed by atoms with van der Waals surface area (Å²) in [5.74, 6) is 2.27. The predicted molar refractivity (Wildman–Crippen MR) is 129 cm³/mol. The van der Waals surface area contributed by atoms with E-state index in [0.717, 1.165) is 36.9 Å². The van der Waals surface area contributed by atoms with Gasteiger partial charge in [0.2, 0.25) is 0 Å². The average Bonchev–Trinajstić information content (AvgIpc) is 2.85. The van der Waals surface area contributed by atoms with Crippen LogP contribution >= 0.6 is 0 Å². The van der Waals surface area contributed by atoms with Crippen molar-refractivity contribution in [1.29, 1.82) is 0 Å². The first-order valence-electron chi connectivity index (χ1n) is 11.0. The van der Waals surface area contributed by atoms with Crippen LogP contribution in [0, 0.1) is 0 Å². The number of nitrogens with zero attached hydrogens (tertiary/aromatic N) is 4. The topological polar surface area (TPSA) is 96.0 Å². The normalized spacial score (nSPS) is 15.0. The number of hydrogen-bond acceptors (Lipinski definition) is 7. The molecule has 5 rings (SSSR count). The summed E-state index contributed by atoms with van der Waals surface area (Å²) in [5, 5.41) is 4.52. The minimum atomic E-state index is -0.208. The van der Waals surface area contributed by atoms with E-state index >= 15 is 0 Å². The molecule has 0 aromatic carbocycles. The molecule has 1 aliphatic rings. The Balaban J connectivity index is 1.50. The molecule has 0 amide bonds. The fraction of sp³-hybridized carbons (Fsp3) is 0.280. The van der Waals surface area contributed by atoms with Gasteiger partial charge in [0.1, 0.15) is 17.4 Å². The Morgan fingerprint density at radius 1 is 1.12 bits per heavy atom. The lowest BCUT2D eigenvalue weighted by Gasteiger charge is -2.29. The highest BCUT2D eigenvalue weighted by Crippen LogP contribution is 2.30. The Kier molecular flexibility index (Phi) is 5.75. The van der Waals surface area contributed by atoms with Crippen LogP contribution in [0.4, 0.5) is 11.6 Å². The predicted octanol–water partition coefficient (Wildman–Crippen LogP) is 3.94. The number of hydrogen-bond donors (Lipinski definition) is 2. The molecule has 1 fully saturated rings. The lowest BCUT2D eigenvalue weighted by Crippen LogP contribution is -2.29. The lowest BCUT2D eigenvalue weighted by atomic mass is 9.91. The van der Waals surface area contributed by atoms with E-state index in [9.17, 15) is 4.79 Å². The van der Waals surface area contributed by atoms with E-state index in [1.165, 1.54) is 5.56 Å². The molecule has 0 aliphatic carbocycles. The van der Waals surface area contributed by atoms with E-state index in [1.807, 2.05) is 30.5 Å². The molecule has 8 nitrogen and oxygen atoms in total. The third-order valence-electron chi connectivity index (χ3n) is 6.22. The number of ether oxygens (including phenoxy) is 1. The maximum Gasteiger partial charge on any atom is 0.259 e. The van der Waals surface area contributed by atoms with E-state index in [0.29, 0.717) is 34.4 Å². The van der Waals surface area contributed by atoms with Gasteiger partial charge in [0.15, 0.2) is 0 Å². The van der Waals surface area contributed by atoms with Crippen LogP contribution in [0.15, 0.2) is 59.9 Å². The van der Waals surface area contributed by atoms with Gasteiger partial charge < -0.3 is 19.9 Å². The average molecular weight is 443 g/mol. The van der Waals surface area contributed by atoms with Crippen LogP contribution in [-0.4, -0.2) is 52.1 Å². The zero-order valence-electron chi connectivity index (χ0n) is 18.7. The number of H-pyrrole nitrogens is 1. The number of piperidine rings is 1. The SMILES string of the molecule is COc1cncc(-c2cc3cc[nH]c(=O)c3c(Nc3ccc(C4CCN(C)CC4)cn3)n2)c1. The standard InChI is InChI=1S/C25H26N6O2/c1-31-9-6-16(7-10-31)18-3-4-22(28-14-18)30-24-23-17(5-8-27-25(23)32)12-21(29-24)19-11-20(33-2)15-26-13-19/h3-5,8,11-16H,6-7,9-10H2,1-2H3,(H,27,32)(H,28,29,30). The van der Waals surface area contributed by atoms with Crippen molar-refractivity contribution >= 4 is 22.4 Å². The van der Waals surface area contributed by atoms with Crippen molar-refractivity contribution in [1.82, 2.24) is 24.8 Å². The maximum atomic E-state index is 12.6. The second-order valence-corrected chi connectivity index (χ2v) is 8.42. The minimum Gasteiger partial charge on any atom is -0.495 e. The van der Waals surface area contributed by atoms with E-state index in [4.69, 9.17) is 9.72 Å². The second-order valence-electron chi connectivity index (χ2n) is 8.42. The largest absolute Gasteiger partial charge is 0.495 e. The molecule has 33 heavy (non-hydrogen) atoms. The molecule has 4 aromatic heterocycles. The summed E-state index contributed by atoms with van der Waals surface area (Å²) < 4.78 is 5.30. The summed E-state index contributed by atoms with van der Waals surface area (Å²) in [6.07, 6.45) is 9.22. The number of rotatable bonds is 5. The first kappa shape index (κ1) is 21.1. The van der Waals surface area contributed by atoms with Gasteiger partial charge in [-0.2, -0.15) is 0 Å². The molecule has 0 atom stereocenters. The van der Waals surface area contributed by atoms with Gasteiger partial charge in [0.25, 0.3) is 5.56 Å². The summed E-state index contributed by atoms with van der Waals surface area (Å²) in [4.78, 5) is 31.3. The number of methoxy groups -OCH3 is 1. The van der Waals surface area contributed by atoms with E-state index in [2.05, 4.69) is 38.3 Å². The number of pyridine rings is 4. The molecular weight excluding hydrogens is 416 g/mol. The fourth-order valence-electron chi connectivity index (χ4n) is 4.31. The monoisotopic (exact) mass is 442 g/mol. The smallest absolute Gasteiger partial charge is 0.259 e. The van der Waals surface area contributed by atoms with Gasteiger partial charge in [0, 0.05) is 24.2 Å². The number of anilines is 2. The van der Waals surface area contributed by atoms with Gasteiger partial charge in [-0.05, 0) is 74.1 Å². The highest BCUT2D eigenvalue weighted by molar-refractivity contribution is 5.94. The van der Waals surface area contributed by atoms with Crippen molar-refractivity contribution in [3.05, 3.63) is 71.0 Å². The maximum absolute atomic E-state index is 12.6. The molecule has 0 spiro atoms. The van der Waals surface area contributed by atoms with Gasteiger partial charge in [-0.25, -0.2) is 9.97 Å². The van der Waals surface area contributed by atoms with Crippen LogP contribution in [0.1, 0.15) is 24.3 Å². The van der Waals surface area contributed by atoms with Crippen molar-refractivity contribution in [2.45, 2.75) is 18.8 Å². The Morgan fingerprint density at radius 3 is 2.73 bits per heavy atom. The first-order valence-corrected chi connectivity index (χ1v) is 11.0. The quantitative estimate of drug-likeness (QED) is 0.483. The third kappa shape index (κ3) is 4.42. The van der Waals surface area contributed by atoms with Gasteiger partial charge in [-0.1, -0.05) is 6.07 Å². The Morgan fingerprint density at radius 2 is 1.97 bits per heavy atom. The van der Waals surface area contributed by atoms with Crippen LogP contribution in [0.25, 0.3) is 22.0 Å². The molecule has 0 bridgehead atoms. The second kappa shape index (κ2) is 8.99. The lowest BCUT2D eigenvalue weighted by molar-refractivity contribution is 0.255. The molecule has 1 aliphatic heterocycles. The summed E-state index contributed by atoms with van der Waals surface area (Å²) in [6.45, 7) is 2.21. The highest BCUT2D eigenvalue weighted by atomic mass is 16.5. The highest BCUT2D eigenvalue weighted by Gasteiger charge is 2.19. The Hall–Kier alpha value is -3.78. The molecule has 0 saturated carbocycles. The number of likely N-dealkylation sites (tertiary alicyclic amines) is 1. The molecular formula is C25H26N6O2. The van der Waals surface area contributed by atoms with Crippen molar-refractivity contribution < 1.29 is 4.74 Å². The molecule has 168 valence electrons. The van der Waals surface area contributed by atoms with Gasteiger partial charge in [-0.15, -0.1) is 0 Å². The fourth-order valence-corrected chi connectivity index (χ4v) is 4.31. The third-order valence-corrected chi connectivity index (χ3v) is 6.22. The summed E-state index contributed by atoms with van der Waals surface area (Å²) in [6, 6.07) is 9.68. The van der Waals surface area contributed by atoms with Crippen LogP contribution in [-0.2, 0) is 0 Å². The number of nitrogens with one attached hydrogen (secondary N) is 2. The zero-order valence-corrected chi connectivity index (χ0v) is 18.7. The van der Waals surface area contributed by atoms with Crippen molar-refractivity contribution in [2.24, 2.45) is 0 Å². The number of fused-ring (bicyclic) bond motifs is 1. The Bertz CT molecular complexity index is 1330. The van der Waals surface area contributed by atoms with E-state index in [-0.39, 0.29) is 5.56 Å². The molecule has 2 N–H and O–H groups in total. The van der Waals surface area contributed by atoms with E-state index in [1.54, 1.807) is 25.7 Å². The van der Waals surface area contributed by atoms with Gasteiger partial charge in [0.05, 0.1) is 24.4 Å². The molecule has 5 heterocycles. The van der Waals surface area contributed by atoms with Gasteiger partial charge >= 0.3 is 0 Å². The zero-order chi connectivity index (χ0) is 22.8. The molecule has 1 saturated heterocycles. The van der Waals surface area contributed by atoms with Crippen LogP contribution in [0.2, 0.25) is 0 Å².